The molecule has 2 fully saturated rings. The molecule has 1 aliphatic carbocycles. The number of carbonyl (C=O) groups excluding carboxylic acids is 1. The standard InChI is InChI=1S/C23H25N3O2/c27-22(20-6-3-12-26(20)16-7-8-16)25-13-10-23(11-14-25)21-18(9-15-28-23)17-4-1-2-5-19(17)24-21/h1-6,12,16,24H,7-11,13-15H2. The van der Waals surface area contributed by atoms with Crippen LogP contribution in [0.4, 0.5) is 0 Å². The predicted molar refractivity (Wildman–Crippen MR) is 107 cm³/mol. The molecule has 5 nitrogen and oxygen atoms in total. The van der Waals surface area contributed by atoms with Crippen LogP contribution in [0.1, 0.15) is 53.5 Å². The van der Waals surface area contributed by atoms with Crippen LogP contribution in [0.2, 0.25) is 0 Å². The number of para-hydroxylation sites is 1. The highest BCUT2D eigenvalue weighted by atomic mass is 16.5. The fourth-order valence-corrected chi connectivity index (χ4v) is 5.14. The van der Waals surface area contributed by atoms with E-state index in [-0.39, 0.29) is 11.5 Å². The average Bonchev–Trinajstić information content (AvgIpc) is 3.33. The number of hydrogen-bond acceptors (Lipinski definition) is 2. The second-order valence-electron chi connectivity index (χ2n) is 8.44. The molecule has 1 saturated carbocycles. The third-order valence-electron chi connectivity index (χ3n) is 6.80. The number of benzene rings is 1. The highest BCUT2D eigenvalue weighted by molar-refractivity contribution is 5.93. The summed E-state index contributed by atoms with van der Waals surface area (Å²) in [4.78, 5) is 18.8. The van der Waals surface area contributed by atoms with Crippen LogP contribution in [0.25, 0.3) is 10.9 Å². The Morgan fingerprint density at radius 2 is 1.93 bits per heavy atom. The van der Waals surface area contributed by atoms with Gasteiger partial charge in [0.15, 0.2) is 0 Å². The van der Waals surface area contributed by atoms with Crippen LogP contribution in [0.3, 0.4) is 0 Å². The molecular formula is C23H25N3O2. The number of H-pyrrole nitrogens is 1. The van der Waals surface area contributed by atoms with E-state index in [0.717, 1.165) is 44.7 Å². The molecule has 144 valence electrons. The molecule has 1 spiro atoms. The number of piperidine rings is 1. The minimum absolute atomic E-state index is 0.166. The van der Waals surface area contributed by atoms with Crippen molar-refractivity contribution in [2.24, 2.45) is 0 Å². The van der Waals surface area contributed by atoms with Crippen molar-refractivity contribution in [1.82, 2.24) is 14.5 Å². The summed E-state index contributed by atoms with van der Waals surface area (Å²) in [5.41, 5.74) is 4.41. The molecule has 1 amide bonds. The molecule has 2 aliphatic heterocycles. The lowest BCUT2D eigenvalue weighted by atomic mass is 9.83. The van der Waals surface area contributed by atoms with E-state index in [1.54, 1.807) is 0 Å². The number of aromatic nitrogens is 2. The molecular weight excluding hydrogens is 350 g/mol. The largest absolute Gasteiger partial charge is 0.368 e. The highest BCUT2D eigenvalue weighted by Gasteiger charge is 2.44. The van der Waals surface area contributed by atoms with Crippen LogP contribution < -0.4 is 0 Å². The van der Waals surface area contributed by atoms with Gasteiger partial charge >= 0.3 is 0 Å². The summed E-state index contributed by atoms with van der Waals surface area (Å²) >= 11 is 0. The van der Waals surface area contributed by atoms with E-state index >= 15 is 0 Å². The van der Waals surface area contributed by atoms with Crippen LogP contribution in [-0.2, 0) is 16.8 Å². The summed E-state index contributed by atoms with van der Waals surface area (Å²) in [5.74, 6) is 0.166. The van der Waals surface area contributed by atoms with Crippen LogP contribution in [0.15, 0.2) is 42.6 Å². The van der Waals surface area contributed by atoms with Gasteiger partial charge in [0, 0.05) is 36.2 Å². The number of ether oxygens (including phenoxy) is 1. The first-order valence-corrected chi connectivity index (χ1v) is 10.5. The molecule has 3 aliphatic rings. The van der Waals surface area contributed by atoms with Gasteiger partial charge in [-0.2, -0.15) is 0 Å². The summed E-state index contributed by atoms with van der Waals surface area (Å²) in [7, 11) is 0. The maximum atomic E-state index is 13.1. The molecule has 3 aromatic rings. The second-order valence-corrected chi connectivity index (χ2v) is 8.44. The molecule has 1 saturated heterocycles. The number of nitrogens with zero attached hydrogens (tertiary/aromatic N) is 2. The van der Waals surface area contributed by atoms with E-state index < -0.39 is 0 Å². The Kier molecular flexibility index (Phi) is 3.51. The third-order valence-corrected chi connectivity index (χ3v) is 6.80. The Labute approximate surface area is 164 Å². The molecule has 0 atom stereocenters. The number of carbonyl (C=O) groups is 1. The number of nitrogens with one attached hydrogen (secondary N) is 1. The van der Waals surface area contributed by atoms with Gasteiger partial charge in [-0.3, -0.25) is 4.79 Å². The number of amides is 1. The van der Waals surface area contributed by atoms with Crippen molar-refractivity contribution in [2.45, 2.75) is 43.7 Å². The summed E-state index contributed by atoms with van der Waals surface area (Å²) in [5, 5.41) is 1.32. The Morgan fingerprint density at radius 3 is 2.75 bits per heavy atom. The first kappa shape index (κ1) is 16.4. The normalized spacial score (nSPS) is 21.2. The minimum atomic E-state index is -0.276. The van der Waals surface area contributed by atoms with Gasteiger partial charge in [0.05, 0.1) is 12.3 Å². The van der Waals surface area contributed by atoms with Crippen molar-refractivity contribution < 1.29 is 9.53 Å². The van der Waals surface area contributed by atoms with Crippen molar-refractivity contribution in [3.63, 3.8) is 0 Å². The third kappa shape index (κ3) is 2.39. The van der Waals surface area contributed by atoms with E-state index in [4.69, 9.17) is 4.74 Å². The van der Waals surface area contributed by atoms with Gasteiger partial charge in [-0.1, -0.05) is 18.2 Å². The summed E-state index contributed by atoms with van der Waals surface area (Å²) in [6.45, 7) is 2.24. The first-order chi connectivity index (χ1) is 13.8. The zero-order chi connectivity index (χ0) is 18.7. The number of likely N-dealkylation sites (tertiary alicyclic amines) is 1. The molecule has 1 aromatic carbocycles. The zero-order valence-corrected chi connectivity index (χ0v) is 16.0. The van der Waals surface area contributed by atoms with Gasteiger partial charge in [-0.15, -0.1) is 0 Å². The Morgan fingerprint density at radius 1 is 1.11 bits per heavy atom. The Bertz CT molecular complexity index is 1050. The van der Waals surface area contributed by atoms with Gasteiger partial charge in [-0.05, 0) is 55.9 Å². The quantitative estimate of drug-likeness (QED) is 0.736. The van der Waals surface area contributed by atoms with Gasteiger partial charge in [0.2, 0.25) is 0 Å². The fourth-order valence-electron chi connectivity index (χ4n) is 5.14. The first-order valence-electron chi connectivity index (χ1n) is 10.5. The molecule has 6 rings (SSSR count). The lowest BCUT2D eigenvalue weighted by Gasteiger charge is -2.43. The Hall–Kier alpha value is -2.53. The lowest BCUT2D eigenvalue weighted by Crippen LogP contribution is -2.48. The van der Waals surface area contributed by atoms with Crippen molar-refractivity contribution in [2.75, 3.05) is 19.7 Å². The van der Waals surface area contributed by atoms with Gasteiger partial charge in [0.25, 0.3) is 5.91 Å². The van der Waals surface area contributed by atoms with Crippen molar-refractivity contribution in [3.05, 3.63) is 59.5 Å². The molecule has 0 unspecified atom stereocenters. The molecule has 5 heteroatoms. The maximum absolute atomic E-state index is 13.1. The summed E-state index contributed by atoms with van der Waals surface area (Å²) < 4.78 is 8.55. The van der Waals surface area contributed by atoms with E-state index in [2.05, 4.69) is 40.0 Å². The van der Waals surface area contributed by atoms with Crippen LogP contribution in [0.5, 0.6) is 0 Å². The van der Waals surface area contributed by atoms with E-state index in [0.29, 0.717) is 6.04 Å². The number of hydrogen-bond donors (Lipinski definition) is 1. The minimum Gasteiger partial charge on any atom is -0.368 e. The van der Waals surface area contributed by atoms with Crippen molar-refractivity contribution >= 4 is 16.8 Å². The molecule has 4 heterocycles. The van der Waals surface area contributed by atoms with Crippen LogP contribution in [-0.4, -0.2) is 40.1 Å². The van der Waals surface area contributed by atoms with Crippen LogP contribution in [0, 0.1) is 0 Å². The summed E-state index contributed by atoms with van der Waals surface area (Å²) in [6, 6.07) is 13.0. The molecule has 0 radical (unpaired) electrons. The molecule has 1 N–H and O–H groups in total. The predicted octanol–water partition coefficient (Wildman–Crippen LogP) is 4.01. The molecule has 2 aromatic heterocycles. The van der Waals surface area contributed by atoms with E-state index in [1.165, 1.54) is 35.0 Å². The smallest absolute Gasteiger partial charge is 0.270 e. The highest BCUT2D eigenvalue weighted by Crippen LogP contribution is 2.44. The summed E-state index contributed by atoms with van der Waals surface area (Å²) in [6.07, 6.45) is 7.09. The molecule has 28 heavy (non-hydrogen) atoms. The maximum Gasteiger partial charge on any atom is 0.270 e. The van der Waals surface area contributed by atoms with Gasteiger partial charge in [0.1, 0.15) is 11.3 Å². The monoisotopic (exact) mass is 375 g/mol. The lowest BCUT2D eigenvalue weighted by molar-refractivity contribution is -0.0958. The second kappa shape index (κ2) is 5.98. The van der Waals surface area contributed by atoms with E-state index in [1.807, 2.05) is 17.0 Å². The van der Waals surface area contributed by atoms with E-state index in [9.17, 15) is 4.79 Å². The van der Waals surface area contributed by atoms with Crippen LogP contribution >= 0.6 is 0 Å². The van der Waals surface area contributed by atoms with Gasteiger partial charge < -0.3 is 19.2 Å². The van der Waals surface area contributed by atoms with Gasteiger partial charge in [-0.25, -0.2) is 0 Å². The zero-order valence-electron chi connectivity index (χ0n) is 16.0. The SMILES string of the molecule is O=C(c1cccn1C1CC1)N1CCC2(CC1)OCCc1c2[nH]c2ccccc12. The molecule has 0 bridgehead atoms. The number of rotatable bonds is 2. The fraction of sp³-hybridized carbons (Fsp3) is 0.435. The van der Waals surface area contributed by atoms with Crippen molar-refractivity contribution in [1.29, 1.82) is 0 Å². The number of fused-ring (bicyclic) bond motifs is 4. The van der Waals surface area contributed by atoms with Crippen molar-refractivity contribution in [3.8, 4) is 0 Å². The average molecular weight is 375 g/mol. The topological polar surface area (TPSA) is 50.3 Å². The Balaban J connectivity index is 1.27. The number of aromatic amines is 1.